The first-order chi connectivity index (χ1) is 8.01. The van der Waals surface area contributed by atoms with Gasteiger partial charge in [0.25, 0.3) is 0 Å². The molecule has 0 saturated heterocycles. The highest BCUT2D eigenvalue weighted by Crippen LogP contribution is 2.09. The maximum Gasteiger partial charge on any atom is 0.128 e. The van der Waals surface area contributed by atoms with Crippen LogP contribution in [0.1, 0.15) is 50.8 Å². The van der Waals surface area contributed by atoms with Gasteiger partial charge in [-0.15, -0.1) is 0 Å². The highest BCUT2D eigenvalue weighted by molar-refractivity contribution is 5.11. The minimum atomic E-state index is 0.210. The monoisotopic (exact) mass is 235 g/mol. The third-order valence-electron chi connectivity index (χ3n) is 2.89. The normalized spacial score (nSPS) is 13.1. The molecule has 3 heteroatoms. The van der Waals surface area contributed by atoms with Crippen LogP contribution in [-0.2, 0) is 12.8 Å². The van der Waals surface area contributed by atoms with E-state index < -0.39 is 0 Å². The zero-order valence-electron chi connectivity index (χ0n) is 11.5. The summed E-state index contributed by atoms with van der Waals surface area (Å²) in [5.41, 5.74) is 8.11. The fourth-order valence-corrected chi connectivity index (χ4v) is 1.75. The molecule has 0 aliphatic heterocycles. The maximum atomic E-state index is 5.97. The van der Waals surface area contributed by atoms with Crippen LogP contribution in [0.3, 0.4) is 0 Å². The number of aryl methyl sites for hydroxylation is 2. The van der Waals surface area contributed by atoms with Crippen molar-refractivity contribution in [2.24, 2.45) is 11.7 Å². The molecule has 3 nitrogen and oxygen atoms in total. The van der Waals surface area contributed by atoms with Crippen LogP contribution in [0, 0.1) is 12.8 Å². The minimum absolute atomic E-state index is 0.210. The van der Waals surface area contributed by atoms with Crippen LogP contribution in [0.25, 0.3) is 0 Å². The molecule has 0 radical (unpaired) electrons. The lowest BCUT2D eigenvalue weighted by Gasteiger charge is -2.10. The Morgan fingerprint density at radius 2 is 2.00 bits per heavy atom. The van der Waals surface area contributed by atoms with Gasteiger partial charge < -0.3 is 5.73 Å². The Balaban J connectivity index is 2.72. The highest BCUT2D eigenvalue weighted by atomic mass is 14.9. The van der Waals surface area contributed by atoms with Gasteiger partial charge in [-0.1, -0.05) is 20.8 Å². The van der Waals surface area contributed by atoms with Crippen LogP contribution in [0.4, 0.5) is 0 Å². The zero-order chi connectivity index (χ0) is 12.8. The smallest absolute Gasteiger partial charge is 0.128 e. The number of hydrogen-bond donors (Lipinski definition) is 1. The van der Waals surface area contributed by atoms with Crippen molar-refractivity contribution in [3.63, 3.8) is 0 Å². The SMILES string of the molecule is CCC(N)Cc1cc(C)nc(CCC(C)C)n1. The standard InChI is InChI=1S/C14H25N3/c1-5-12(15)9-13-8-11(4)16-14(17-13)7-6-10(2)3/h8,10,12H,5-7,9,15H2,1-4H3. The molecule has 1 unspecified atom stereocenters. The quantitative estimate of drug-likeness (QED) is 0.824. The number of rotatable bonds is 6. The van der Waals surface area contributed by atoms with Gasteiger partial charge in [0.15, 0.2) is 0 Å². The summed E-state index contributed by atoms with van der Waals surface area (Å²) in [6.45, 7) is 8.59. The molecule has 0 aliphatic rings. The van der Waals surface area contributed by atoms with Crippen molar-refractivity contribution in [3.8, 4) is 0 Å². The van der Waals surface area contributed by atoms with Crippen molar-refractivity contribution in [1.29, 1.82) is 0 Å². The van der Waals surface area contributed by atoms with Gasteiger partial charge in [-0.3, -0.25) is 0 Å². The first-order valence-electron chi connectivity index (χ1n) is 6.60. The lowest BCUT2D eigenvalue weighted by molar-refractivity contribution is 0.569. The molecule has 1 aromatic rings. The largest absolute Gasteiger partial charge is 0.327 e. The van der Waals surface area contributed by atoms with E-state index in [2.05, 4.69) is 30.7 Å². The number of hydrogen-bond acceptors (Lipinski definition) is 3. The van der Waals surface area contributed by atoms with Gasteiger partial charge in [0.2, 0.25) is 0 Å². The Morgan fingerprint density at radius 3 is 2.59 bits per heavy atom. The van der Waals surface area contributed by atoms with Crippen molar-refractivity contribution < 1.29 is 0 Å². The Kier molecular flexibility index (Phi) is 5.56. The van der Waals surface area contributed by atoms with Crippen LogP contribution < -0.4 is 5.73 Å². The first kappa shape index (κ1) is 14.1. The predicted molar refractivity (Wildman–Crippen MR) is 71.9 cm³/mol. The molecule has 0 aliphatic carbocycles. The van der Waals surface area contributed by atoms with Gasteiger partial charge in [0, 0.05) is 30.3 Å². The van der Waals surface area contributed by atoms with Crippen molar-refractivity contribution in [2.45, 2.75) is 59.4 Å². The van der Waals surface area contributed by atoms with E-state index in [1.54, 1.807) is 0 Å². The molecule has 0 fully saturated rings. The molecule has 1 rings (SSSR count). The predicted octanol–water partition coefficient (Wildman–Crippen LogP) is 2.65. The van der Waals surface area contributed by atoms with Crippen LogP contribution >= 0.6 is 0 Å². The Morgan fingerprint density at radius 1 is 1.29 bits per heavy atom. The molecule has 0 saturated carbocycles. The zero-order valence-corrected chi connectivity index (χ0v) is 11.5. The average Bonchev–Trinajstić information content (AvgIpc) is 2.25. The fourth-order valence-electron chi connectivity index (χ4n) is 1.75. The third-order valence-corrected chi connectivity index (χ3v) is 2.89. The molecule has 17 heavy (non-hydrogen) atoms. The van der Waals surface area contributed by atoms with E-state index in [-0.39, 0.29) is 6.04 Å². The number of nitrogens with zero attached hydrogens (tertiary/aromatic N) is 2. The first-order valence-corrected chi connectivity index (χ1v) is 6.60. The summed E-state index contributed by atoms with van der Waals surface area (Å²) in [6, 6.07) is 2.26. The van der Waals surface area contributed by atoms with Crippen molar-refractivity contribution in [2.75, 3.05) is 0 Å². The average molecular weight is 235 g/mol. The molecule has 0 amide bonds. The van der Waals surface area contributed by atoms with Gasteiger partial charge in [-0.2, -0.15) is 0 Å². The minimum Gasteiger partial charge on any atom is -0.327 e. The van der Waals surface area contributed by atoms with Crippen LogP contribution in [-0.4, -0.2) is 16.0 Å². The summed E-state index contributed by atoms with van der Waals surface area (Å²) in [6.07, 6.45) is 3.95. The molecule has 1 aromatic heterocycles. The van der Waals surface area contributed by atoms with E-state index in [1.807, 2.05) is 13.0 Å². The summed E-state index contributed by atoms with van der Waals surface area (Å²) < 4.78 is 0. The molecule has 1 atom stereocenters. The molecule has 0 spiro atoms. The Hall–Kier alpha value is -0.960. The second kappa shape index (κ2) is 6.70. The van der Waals surface area contributed by atoms with E-state index in [0.717, 1.165) is 42.9 Å². The van der Waals surface area contributed by atoms with Gasteiger partial charge in [0.05, 0.1) is 0 Å². The Bertz CT molecular complexity index is 347. The topological polar surface area (TPSA) is 51.8 Å². The second-order valence-electron chi connectivity index (χ2n) is 5.22. The van der Waals surface area contributed by atoms with Crippen molar-refractivity contribution >= 4 is 0 Å². The Labute approximate surface area is 105 Å². The van der Waals surface area contributed by atoms with E-state index in [4.69, 9.17) is 5.73 Å². The molecule has 2 N–H and O–H groups in total. The molecular formula is C14H25N3. The van der Waals surface area contributed by atoms with Gasteiger partial charge in [0.1, 0.15) is 5.82 Å². The maximum absolute atomic E-state index is 5.97. The summed E-state index contributed by atoms with van der Waals surface area (Å²) >= 11 is 0. The van der Waals surface area contributed by atoms with Gasteiger partial charge in [-0.05, 0) is 31.7 Å². The van der Waals surface area contributed by atoms with E-state index >= 15 is 0 Å². The summed E-state index contributed by atoms with van der Waals surface area (Å²) in [7, 11) is 0. The van der Waals surface area contributed by atoms with E-state index in [0.29, 0.717) is 5.92 Å². The summed E-state index contributed by atoms with van der Waals surface area (Å²) in [5.74, 6) is 1.66. The molecule has 1 heterocycles. The molecule has 0 bridgehead atoms. The lowest BCUT2D eigenvalue weighted by atomic mass is 10.1. The number of aromatic nitrogens is 2. The highest BCUT2D eigenvalue weighted by Gasteiger charge is 2.07. The van der Waals surface area contributed by atoms with Crippen molar-refractivity contribution in [1.82, 2.24) is 9.97 Å². The lowest BCUT2D eigenvalue weighted by Crippen LogP contribution is -2.22. The third kappa shape index (κ3) is 5.26. The van der Waals surface area contributed by atoms with Gasteiger partial charge in [-0.25, -0.2) is 9.97 Å². The molecule has 0 aromatic carbocycles. The fraction of sp³-hybridized carbons (Fsp3) is 0.714. The van der Waals surface area contributed by atoms with E-state index in [1.165, 1.54) is 0 Å². The van der Waals surface area contributed by atoms with E-state index in [9.17, 15) is 0 Å². The van der Waals surface area contributed by atoms with Crippen LogP contribution in [0.5, 0.6) is 0 Å². The van der Waals surface area contributed by atoms with Gasteiger partial charge >= 0.3 is 0 Å². The summed E-state index contributed by atoms with van der Waals surface area (Å²) in [4.78, 5) is 9.09. The van der Waals surface area contributed by atoms with Crippen molar-refractivity contribution in [3.05, 3.63) is 23.3 Å². The second-order valence-corrected chi connectivity index (χ2v) is 5.22. The summed E-state index contributed by atoms with van der Waals surface area (Å²) in [5, 5.41) is 0. The molecular weight excluding hydrogens is 210 g/mol. The van der Waals surface area contributed by atoms with Crippen LogP contribution in [0.2, 0.25) is 0 Å². The number of nitrogens with two attached hydrogens (primary N) is 1. The van der Waals surface area contributed by atoms with Crippen LogP contribution in [0.15, 0.2) is 6.07 Å². The molecule has 96 valence electrons.